The molecule has 0 saturated carbocycles. The van der Waals surface area contributed by atoms with Crippen LogP contribution in [-0.2, 0) is 70.0 Å². The fourth-order valence-electron chi connectivity index (χ4n) is 3.15. The predicted molar refractivity (Wildman–Crippen MR) is 213 cm³/mol. The van der Waals surface area contributed by atoms with Crippen LogP contribution in [0.1, 0.15) is 0 Å². The van der Waals surface area contributed by atoms with Crippen molar-refractivity contribution in [3.8, 4) is 0 Å². The van der Waals surface area contributed by atoms with Crippen LogP contribution in [0.15, 0.2) is 121 Å². The van der Waals surface area contributed by atoms with Crippen LogP contribution in [0.4, 0.5) is 0 Å². The Kier molecular flexibility index (Phi) is 27.6. The number of hydrogen-bond acceptors (Lipinski definition) is 4. The van der Waals surface area contributed by atoms with Crippen molar-refractivity contribution in [3.05, 3.63) is 155 Å². The molecule has 0 aliphatic carbocycles. The van der Waals surface area contributed by atoms with Gasteiger partial charge in [0.1, 0.15) is 0 Å². The first-order valence-electron chi connectivity index (χ1n) is 12.9. The SMILES string of the molecule is CN(C)C(=S)[S-].CN(C)C(=S)[S-].[Au+3].[Au].[CH2-][P+]([CH2-])(c1ccccc1)c1ccccc1.[CH2-][P+]([CH2-])(c1ccccc1)c1ccccc1.[CH3-]. The molecule has 0 unspecified atom stereocenters. The molecule has 0 atom stereocenters. The normalized spacial score (nSPS) is 9.60. The van der Waals surface area contributed by atoms with Gasteiger partial charge in [-0.15, -0.1) is 0 Å². The van der Waals surface area contributed by atoms with Crippen molar-refractivity contribution in [2.45, 2.75) is 0 Å². The molecule has 0 heterocycles. The molecule has 0 spiro atoms. The molecule has 0 fully saturated rings. The number of thiocarbonyl (C=S) groups is 2. The van der Waals surface area contributed by atoms with Crippen molar-refractivity contribution in [3.63, 3.8) is 0 Å². The number of nitrogens with zero attached hydrogens (tertiary/aromatic N) is 2. The van der Waals surface area contributed by atoms with Crippen LogP contribution in [0.3, 0.4) is 0 Å². The molecule has 0 aliphatic rings. The third-order valence-corrected chi connectivity index (χ3v) is 12.3. The van der Waals surface area contributed by atoms with E-state index in [1.165, 1.54) is 21.2 Å². The van der Waals surface area contributed by atoms with Gasteiger partial charge in [-0.1, -0.05) is 81.4 Å². The van der Waals surface area contributed by atoms with Gasteiger partial charge in [-0.3, -0.25) is 0 Å². The van der Waals surface area contributed by atoms with Gasteiger partial charge >= 0.3 is 22.4 Å². The average molecular weight is 1080 g/mol. The van der Waals surface area contributed by atoms with E-state index in [1.807, 2.05) is 101 Å². The third kappa shape index (κ3) is 18.5. The van der Waals surface area contributed by atoms with Crippen LogP contribution >= 0.6 is 39.0 Å². The van der Waals surface area contributed by atoms with Crippen LogP contribution in [0.2, 0.25) is 0 Å². The molecule has 0 amide bonds. The minimum absolute atomic E-state index is 0. The summed E-state index contributed by atoms with van der Waals surface area (Å²) in [6.45, 7) is 17.2. The molecule has 0 aromatic heterocycles. The summed E-state index contributed by atoms with van der Waals surface area (Å²) in [7, 11) is 4.02. The monoisotopic (exact) mass is 1080 g/mol. The summed E-state index contributed by atoms with van der Waals surface area (Å²) in [5.74, 6) is 0. The van der Waals surface area contributed by atoms with Gasteiger partial charge in [-0.25, -0.2) is 0 Å². The first-order chi connectivity index (χ1) is 19.7. The molecular weight excluding hydrogens is 1030 g/mol. The first kappa shape index (κ1) is 48.8. The molecule has 0 aliphatic heterocycles. The molecule has 4 aromatic rings. The summed E-state index contributed by atoms with van der Waals surface area (Å²) >= 11 is 18.2. The maximum absolute atomic E-state index is 4.56. The number of benzene rings is 4. The molecule has 4 rings (SSSR count). The zero-order valence-electron chi connectivity index (χ0n) is 26.4. The second kappa shape index (κ2) is 25.5. The first-order valence-corrected chi connectivity index (χ1v) is 18.8. The van der Waals surface area contributed by atoms with Gasteiger partial charge in [0.05, 0.1) is 0 Å². The summed E-state index contributed by atoms with van der Waals surface area (Å²) in [5.41, 5.74) is 0. The molecular formula is C35H43Au2N2P2S4-2. The smallest absolute Gasteiger partial charge is 0.411 e. The van der Waals surface area contributed by atoms with Gasteiger partial charge in [0, 0.05) is 71.8 Å². The van der Waals surface area contributed by atoms with Gasteiger partial charge in [0.25, 0.3) is 0 Å². The second-order valence-electron chi connectivity index (χ2n) is 9.60. The number of rotatable bonds is 4. The summed E-state index contributed by atoms with van der Waals surface area (Å²) in [6.07, 6.45) is 0. The molecule has 0 saturated heterocycles. The molecule has 4 aromatic carbocycles. The predicted octanol–water partition coefficient (Wildman–Crippen LogP) is 7.68. The summed E-state index contributed by atoms with van der Waals surface area (Å²) in [6, 6.07) is 41.3. The van der Waals surface area contributed by atoms with Gasteiger partial charge in [0.15, 0.2) is 0 Å². The van der Waals surface area contributed by atoms with Crippen LogP contribution in [-0.4, -0.2) is 46.6 Å². The van der Waals surface area contributed by atoms with E-state index in [-0.39, 0.29) is 52.2 Å². The summed E-state index contributed by atoms with van der Waals surface area (Å²) in [5, 5.41) is 4.99. The van der Waals surface area contributed by atoms with E-state index in [0.717, 1.165) is 0 Å². The Bertz CT molecular complexity index is 1140. The second-order valence-corrected chi connectivity index (χ2v) is 17.6. The van der Waals surface area contributed by atoms with Gasteiger partial charge in [0.2, 0.25) is 0 Å². The maximum atomic E-state index is 4.56. The Labute approximate surface area is 329 Å². The van der Waals surface area contributed by atoms with Crippen molar-refractivity contribution >= 4 is 94.1 Å². The minimum atomic E-state index is -1.65. The largest absolute Gasteiger partial charge is 3.00 e. The maximum Gasteiger partial charge on any atom is 3.00 e. The molecule has 0 N–H and O–H groups in total. The minimum Gasteiger partial charge on any atom is -0.411 e. The van der Waals surface area contributed by atoms with Crippen molar-refractivity contribution in [1.29, 1.82) is 0 Å². The van der Waals surface area contributed by atoms with Gasteiger partial charge < -0.3 is 66.9 Å². The van der Waals surface area contributed by atoms with Crippen molar-refractivity contribution in [1.82, 2.24) is 9.80 Å². The van der Waals surface area contributed by atoms with Crippen molar-refractivity contribution in [2.75, 3.05) is 28.2 Å². The van der Waals surface area contributed by atoms with Crippen LogP contribution < -0.4 is 21.2 Å². The standard InChI is InChI=1S/2C14H14P.2C3H7NS2.CH3.2Au/c2*1-15(2,13-9-5-3-6-10-13)14-11-7-4-8-12-14;2*1-4(2)3(5)6;;;/h2*3-12H,1-2H2;2*1-2H3,(H,5,6);1H3;;/q2*-1;;;-1;;+3/p-2. The van der Waals surface area contributed by atoms with E-state index < -0.39 is 14.5 Å². The number of hydrogen-bond donors (Lipinski definition) is 0. The van der Waals surface area contributed by atoms with Gasteiger partial charge in [-0.05, 0) is 48.5 Å². The van der Waals surface area contributed by atoms with E-state index in [4.69, 9.17) is 0 Å². The topological polar surface area (TPSA) is 6.48 Å². The Balaban J connectivity index is -0.000000556. The van der Waals surface area contributed by atoms with E-state index in [1.54, 1.807) is 9.80 Å². The fourth-order valence-corrected chi connectivity index (χ4v) is 6.72. The van der Waals surface area contributed by atoms with Crippen molar-refractivity contribution in [2.24, 2.45) is 0 Å². The zero-order chi connectivity index (χ0) is 31.8. The molecule has 251 valence electrons. The Morgan fingerprint density at radius 3 is 0.733 bits per heavy atom. The van der Waals surface area contributed by atoms with E-state index in [2.05, 4.69) is 125 Å². The van der Waals surface area contributed by atoms with E-state index >= 15 is 0 Å². The van der Waals surface area contributed by atoms with Crippen LogP contribution in [0.5, 0.6) is 0 Å². The molecule has 45 heavy (non-hydrogen) atoms. The molecule has 10 heteroatoms. The summed E-state index contributed by atoms with van der Waals surface area (Å²) in [4.78, 5) is 3.43. The molecule has 0 bridgehead atoms. The van der Waals surface area contributed by atoms with E-state index in [0.29, 0.717) is 8.64 Å². The fraction of sp³-hybridized carbons (Fsp3) is 0.114. The zero-order valence-corrected chi connectivity index (χ0v) is 35.8. The van der Waals surface area contributed by atoms with Crippen LogP contribution in [0, 0.1) is 34.1 Å². The van der Waals surface area contributed by atoms with E-state index in [9.17, 15) is 0 Å². The Hall–Kier alpha value is -0.559. The summed E-state index contributed by atoms with van der Waals surface area (Å²) < 4.78 is 1.02. The quantitative estimate of drug-likeness (QED) is 0.0677. The molecule has 2 nitrogen and oxygen atoms in total. The average Bonchev–Trinajstić information content (AvgIpc) is 3.00. The van der Waals surface area contributed by atoms with Crippen LogP contribution in [0.25, 0.3) is 0 Å². The third-order valence-electron chi connectivity index (χ3n) is 5.73. The Morgan fingerprint density at radius 1 is 0.489 bits per heavy atom. The molecule has 1 radical (unpaired) electrons. The van der Waals surface area contributed by atoms with Gasteiger partial charge in [-0.2, -0.15) is 41.2 Å². The van der Waals surface area contributed by atoms with Crippen molar-refractivity contribution < 1.29 is 44.8 Å². The Morgan fingerprint density at radius 2 is 0.622 bits per heavy atom.